The Balaban J connectivity index is 2.78. The number of hydrogen-bond acceptors (Lipinski definition) is 2. The molecule has 0 heterocycles. The largest absolute Gasteiger partial charge is 0.478 e. The number of nitrogens with one attached hydrogen (secondary N) is 1. The Hall–Kier alpha value is -1.36. The van der Waals surface area contributed by atoms with Crippen molar-refractivity contribution in [3.63, 3.8) is 0 Å². The van der Waals surface area contributed by atoms with Crippen molar-refractivity contribution in [1.82, 2.24) is 5.32 Å². The monoisotopic (exact) mass is 313 g/mol. The maximum atomic E-state index is 11.7. The molecule has 0 saturated heterocycles. The molecule has 0 aliphatic heterocycles. The number of hydrogen-bond donors (Lipinski definition) is 2. The zero-order valence-electron chi connectivity index (χ0n) is 10.6. The molecule has 0 atom stereocenters. The van der Waals surface area contributed by atoms with Gasteiger partial charge in [-0.1, -0.05) is 26.8 Å². The number of halogens is 1. The molecule has 1 rings (SSSR count). The van der Waals surface area contributed by atoms with Gasteiger partial charge >= 0.3 is 5.97 Å². The fourth-order valence-corrected chi connectivity index (χ4v) is 1.71. The normalized spacial score (nSPS) is 11.1. The average Bonchev–Trinajstić information content (AvgIpc) is 2.25. The molecule has 0 aliphatic rings. The summed E-state index contributed by atoms with van der Waals surface area (Å²) in [5.41, 5.74) is 0.496. The summed E-state index contributed by atoms with van der Waals surface area (Å²) in [5, 5.41) is 11.8. The van der Waals surface area contributed by atoms with Crippen LogP contribution in [0, 0.1) is 5.41 Å². The lowest BCUT2D eigenvalue weighted by Crippen LogP contribution is -2.34. The van der Waals surface area contributed by atoms with Crippen LogP contribution in [0.2, 0.25) is 0 Å². The second kappa shape index (κ2) is 5.52. The molecule has 98 valence electrons. The van der Waals surface area contributed by atoms with Crippen LogP contribution in [0.25, 0.3) is 0 Å². The highest BCUT2D eigenvalue weighted by molar-refractivity contribution is 9.10. The average molecular weight is 314 g/mol. The third kappa shape index (κ3) is 3.84. The van der Waals surface area contributed by atoms with Crippen LogP contribution < -0.4 is 5.32 Å². The van der Waals surface area contributed by atoms with E-state index < -0.39 is 11.4 Å². The molecule has 0 bridgehead atoms. The third-order valence-electron chi connectivity index (χ3n) is 2.40. The SMILES string of the molecule is CC(C)(C)C(=O)NCc1ccc(Br)c(C(=O)O)c1. The molecule has 0 radical (unpaired) electrons. The summed E-state index contributed by atoms with van der Waals surface area (Å²) in [6.07, 6.45) is 0. The van der Waals surface area contributed by atoms with E-state index in [2.05, 4.69) is 21.2 Å². The molecule has 1 aromatic carbocycles. The molecule has 18 heavy (non-hydrogen) atoms. The van der Waals surface area contributed by atoms with E-state index in [0.717, 1.165) is 5.56 Å². The Labute approximate surface area is 115 Å². The van der Waals surface area contributed by atoms with Crippen LogP contribution in [0.1, 0.15) is 36.7 Å². The first-order chi connectivity index (χ1) is 8.21. The van der Waals surface area contributed by atoms with Crippen molar-refractivity contribution in [3.05, 3.63) is 33.8 Å². The molecule has 5 heteroatoms. The molecular formula is C13H16BrNO3. The van der Waals surface area contributed by atoms with Gasteiger partial charge in [0.25, 0.3) is 0 Å². The standard InChI is InChI=1S/C13H16BrNO3/c1-13(2,3)12(18)15-7-8-4-5-10(14)9(6-8)11(16)17/h4-6H,7H2,1-3H3,(H,15,18)(H,16,17). The zero-order chi connectivity index (χ0) is 13.9. The van der Waals surface area contributed by atoms with Gasteiger partial charge in [-0.05, 0) is 33.6 Å². The van der Waals surface area contributed by atoms with Crippen LogP contribution in [-0.2, 0) is 11.3 Å². The summed E-state index contributed by atoms with van der Waals surface area (Å²) < 4.78 is 0.529. The predicted molar refractivity (Wildman–Crippen MR) is 72.4 cm³/mol. The Morgan fingerprint density at radius 2 is 1.94 bits per heavy atom. The lowest BCUT2D eigenvalue weighted by molar-refractivity contribution is -0.128. The number of carbonyl (C=O) groups is 2. The molecule has 0 unspecified atom stereocenters. The van der Waals surface area contributed by atoms with Crippen molar-refractivity contribution in [3.8, 4) is 0 Å². The van der Waals surface area contributed by atoms with Crippen LogP contribution in [0.4, 0.5) is 0 Å². The van der Waals surface area contributed by atoms with Crippen LogP contribution in [0.5, 0.6) is 0 Å². The summed E-state index contributed by atoms with van der Waals surface area (Å²) >= 11 is 3.17. The predicted octanol–water partition coefficient (Wildman–Crippen LogP) is 2.81. The molecule has 0 aromatic heterocycles. The van der Waals surface area contributed by atoms with E-state index in [1.54, 1.807) is 18.2 Å². The molecule has 1 aromatic rings. The first-order valence-corrected chi connectivity index (χ1v) is 6.31. The van der Waals surface area contributed by atoms with Gasteiger partial charge in [-0.15, -0.1) is 0 Å². The van der Waals surface area contributed by atoms with Crippen molar-refractivity contribution in [2.45, 2.75) is 27.3 Å². The van der Waals surface area contributed by atoms with Crippen molar-refractivity contribution in [1.29, 1.82) is 0 Å². The molecule has 1 amide bonds. The van der Waals surface area contributed by atoms with Gasteiger partial charge in [-0.2, -0.15) is 0 Å². The fraction of sp³-hybridized carbons (Fsp3) is 0.385. The third-order valence-corrected chi connectivity index (χ3v) is 3.09. The number of carboxylic acid groups (broad SMARTS) is 1. The quantitative estimate of drug-likeness (QED) is 0.901. The molecule has 4 nitrogen and oxygen atoms in total. The Morgan fingerprint density at radius 3 is 2.44 bits per heavy atom. The number of benzene rings is 1. The number of carbonyl (C=O) groups excluding carboxylic acids is 1. The molecule has 0 fully saturated rings. The van der Waals surface area contributed by atoms with Crippen LogP contribution in [-0.4, -0.2) is 17.0 Å². The van der Waals surface area contributed by atoms with Crippen molar-refractivity contribution in [2.75, 3.05) is 0 Å². The minimum Gasteiger partial charge on any atom is -0.478 e. The fourth-order valence-electron chi connectivity index (χ4n) is 1.29. The summed E-state index contributed by atoms with van der Waals surface area (Å²) in [7, 11) is 0. The van der Waals surface area contributed by atoms with Crippen molar-refractivity contribution in [2.24, 2.45) is 5.41 Å². The summed E-state index contributed by atoms with van der Waals surface area (Å²) in [4.78, 5) is 22.6. The highest BCUT2D eigenvalue weighted by Gasteiger charge is 2.20. The van der Waals surface area contributed by atoms with E-state index >= 15 is 0 Å². The maximum Gasteiger partial charge on any atom is 0.336 e. The van der Waals surface area contributed by atoms with Gasteiger partial charge in [0.05, 0.1) is 5.56 Å². The second-order valence-electron chi connectivity index (χ2n) is 5.05. The lowest BCUT2D eigenvalue weighted by atomic mass is 9.95. The number of rotatable bonds is 3. The lowest BCUT2D eigenvalue weighted by Gasteiger charge is -2.17. The number of carboxylic acids is 1. The molecule has 0 saturated carbocycles. The van der Waals surface area contributed by atoms with E-state index in [0.29, 0.717) is 11.0 Å². The highest BCUT2D eigenvalue weighted by Crippen LogP contribution is 2.19. The summed E-state index contributed by atoms with van der Waals surface area (Å²) in [6, 6.07) is 5.00. The van der Waals surface area contributed by atoms with Crippen molar-refractivity contribution < 1.29 is 14.7 Å². The van der Waals surface area contributed by atoms with Gasteiger partial charge in [-0.3, -0.25) is 4.79 Å². The van der Waals surface area contributed by atoms with Gasteiger partial charge in [0.1, 0.15) is 0 Å². The van der Waals surface area contributed by atoms with Gasteiger partial charge in [0.15, 0.2) is 0 Å². The smallest absolute Gasteiger partial charge is 0.336 e. The minimum atomic E-state index is -0.995. The second-order valence-corrected chi connectivity index (χ2v) is 5.91. The van der Waals surface area contributed by atoms with E-state index in [-0.39, 0.29) is 11.5 Å². The zero-order valence-corrected chi connectivity index (χ0v) is 12.2. The number of amides is 1. The van der Waals surface area contributed by atoms with E-state index in [4.69, 9.17) is 5.11 Å². The van der Waals surface area contributed by atoms with E-state index in [1.807, 2.05) is 20.8 Å². The van der Waals surface area contributed by atoms with Gasteiger partial charge < -0.3 is 10.4 Å². The molecule has 0 aliphatic carbocycles. The van der Waals surface area contributed by atoms with E-state index in [1.165, 1.54) is 0 Å². The topological polar surface area (TPSA) is 66.4 Å². The molecule has 0 spiro atoms. The summed E-state index contributed by atoms with van der Waals surface area (Å²) in [6.45, 7) is 5.80. The van der Waals surface area contributed by atoms with Crippen LogP contribution in [0.15, 0.2) is 22.7 Å². The van der Waals surface area contributed by atoms with Gasteiger partial charge in [0, 0.05) is 16.4 Å². The Morgan fingerprint density at radius 1 is 1.33 bits per heavy atom. The van der Waals surface area contributed by atoms with Crippen LogP contribution in [0.3, 0.4) is 0 Å². The minimum absolute atomic E-state index is 0.0673. The summed E-state index contributed by atoms with van der Waals surface area (Å²) in [5.74, 6) is -1.06. The number of aromatic carboxylic acids is 1. The first kappa shape index (κ1) is 14.7. The maximum absolute atomic E-state index is 11.7. The Bertz CT molecular complexity index is 478. The highest BCUT2D eigenvalue weighted by atomic mass is 79.9. The Kier molecular flexibility index (Phi) is 4.51. The van der Waals surface area contributed by atoms with E-state index in [9.17, 15) is 9.59 Å². The first-order valence-electron chi connectivity index (χ1n) is 5.52. The molecule has 2 N–H and O–H groups in total. The van der Waals surface area contributed by atoms with Gasteiger partial charge in [0.2, 0.25) is 5.91 Å². The van der Waals surface area contributed by atoms with Crippen LogP contribution >= 0.6 is 15.9 Å². The van der Waals surface area contributed by atoms with Crippen molar-refractivity contribution >= 4 is 27.8 Å². The van der Waals surface area contributed by atoms with Gasteiger partial charge in [-0.25, -0.2) is 4.79 Å². The molecular weight excluding hydrogens is 298 g/mol.